The van der Waals surface area contributed by atoms with E-state index in [1.807, 2.05) is 6.92 Å². The second-order valence-electron chi connectivity index (χ2n) is 3.76. The quantitative estimate of drug-likeness (QED) is 0.678. The highest BCUT2D eigenvalue weighted by Gasteiger charge is 2.19. The average molecular weight is 188 g/mol. The van der Waals surface area contributed by atoms with E-state index in [2.05, 4.69) is 0 Å². The maximum atomic E-state index is 9.47. The van der Waals surface area contributed by atoms with Crippen LogP contribution in [0, 0.1) is 0 Å². The minimum Gasteiger partial charge on any atom is -0.390 e. The van der Waals surface area contributed by atoms with Crippen molar-refractivity contribution in [2.45, 2.75) is 57.3 Å². The molecule has 1 aliphatic heterocycles. The normalized spacial score (nSPS) is 27.5. The van der Waals surface area contributed by atoms with Gasteiger partial charge in [0, 0.05) is 6.61 Å². The van der Waals surface area contributed by atoms with Gasteiger partial charge in [-0.25, -0.2) is 0 Å². The molecule has 78 valence electrons. The molecule has 0 bridgehead atoms. The zero-order valence-corrected chi connectivity index (χ0v) is 8.28. The van der Waals surface area contributed by atoms with E-state index in [1.165, 1.54) is 0 Å². The Morgan fingerprint density at radius 3 is 2.69 bits per heavy atom. The Labute approximate surface area is 79.7 Å². The predicted molar refractivity (Wildman–Crippen MR) is 50.5 cm³/mol. The molecule has 13 heavy (non-hydrogen) atoms. The van der Waals surface area contributed by atoms with Crippen molar-refractivity contribution in [1.82, 2.24) is 0 Å². The van der Waals surface area contributed by atoms with Crippen LogP contribution in [0.1, 0.15) is 39.0 Å². The third-order valence-corrected chi connectivity index (χ3v) is 2.67. The van der Waals surface area contributed by atoms with Crippen molar-refractivity contribution in [3.05, 3.63) is 0 Å². The summed E-state index contributed by atoms with van der Waals surface area (Å²) < 4.78 is 5.42. The third kappa shape index (κ3) is 3.63. The standard InChI is InChI=1S/C10H20O3/c1-2-9(11)10(12)6-5-8-4-3-7-13-8/h8-12H,2-7H2,1H3. The van der Waals surface area contributed by atoms with Crippen molar-refractivity contribution in [3.63, 3.8) is 0 Å². The van der Waals surface area contributed by atoms with E-state index in [0.29, 0.717) is 18.9 Å². The molecular weight excluding hydrogens is 168 g/mol. The topological polar surface area (TPSA) is 49.7 Å². The predicted octanol–water partition coefficient (Wildman–Crippen LogP) is 1.08. The lowest BCUT2D eigenvalue weighted by Gasteiger charge is -2.17. The second-order valence-corrected chi connectivity index (χ2v) is 3.76. The molecule has 1 aliphatic rings. The molecule has 3 unspecified atom stereocenters. The van der Waals surface area contributed by atoms with Crippen molar-refractivity contribution < 1.29 is 14.9 Å². The molecule has 0 radical (unpaired) electrons. The van der Waals surface area contributed by atoms with Crippen LogP contribution in [0.15, 0.2) is 0 Å². The highest BCUT2D eigenvalue weighted by molar-refractivity contribution is 4.71. The fourth-order valence-electron chi connectivity index (χ4n) is 1.69. The van der Waals surface area contributed by atoms with Crippen molar-refractivity contribution in [2.75, 3.05) is 6.61 Å². The lowest BCUT2D eigenvalue weighted by atomic mass is 10.0. The lowest BCUT2D eigenvalue weighted by molar-refractivity contribution is 0.00138. The van der Waals surface area contributed by atoms with E-state index in [9.17, 15) is 10.2 Å². The van der Waals surface area contributed by atoms with Crippen molar-refractivity contribution in [2.24, 2.45) is 0 Å². The molecule has 0 aromatic rings. The molecule has 0 amide bonds. The van der Waals surface area contributed by atoms with E-state index < -0.39 is 12.2 Å². The molecule has 3 heteroatoms. The minimum atomic E-state index is -0.575. The lowest BCUT2D eigenvalue weighted by Crippen LogP contribution is -2.26. The smallest absolute Gasteiger partial charge is 0.0800 e. The maximum Gasteiger partial charge on any atom is 0.0800 e. The van der Waals surface area contributed by atoms with Crippen molar-refractivity contribution in [3.8, 4) is 0 Å². The summed E-state index contributed by atoms with van der Waals surface area (Å²) in [5, 5.41) is 18.8. The Bertz CT molecular complexity index is 132. The molecule has 1 saturated heterocycles. The van der Waals surface area contributed by atoms with Crippen LogP contribution in [0.2, 0.25) is 0 Å². The van der Waals surface area contributed by atoms with Gasteiger partial charge in [-0.3, -0.25) is 0 Å². The van der Waals surface area contributed by atoms with E-state index in [1.54, 1.807) is 0 Å². The summed E-state index contributed by atoms with van der Waals surface area (Å²) in [6.45, 7) is 2.73. The van der Waals surface area contributed by atoms with Gasteiger partial charge >= 0.3 is 0 Å². The van der Waals surface area contributed by atoms with Crippen LogP contribution in [0.5, 0.6) is 0 Å². The highest BCUT2D eigenvalue weighted by Crippen LogP contribution is 2.18. The first-order chi connectivity index (χ1) is 6.24. The molecular formula is C10H20O3. The van der Waals surface area contributed by atoms with Crippen LogP contribution >= 0.6 is 0 Å². The Morgan fingerprint density at radius 1 is 1.38 bits per heavy atom. The molecule has 1 heterocycles. The van der Waals surface area contributed by atoms with E-state index in [-0.39, 0.29) is 0 Å². The number of aliphatic hydroxyl groups is 2. The molecule has 3 nitrogen and oxygen atoms in total. The van der Waals surface area contributed by atoms with Gasteiger partial charge in [0.05, 0.1) is 18.3 Å². The van der Waals surface area contributed by atoms with Crippen LogP contribution in [0.25, 0.3) is 0 Å². The van der Waals surface area contributed by atoms with Crippen LogP contribution in [0.4, 0.5) is 0 Å². The third-order valence-electron chi connectivity index (χ3n) is 2.67. The first kappa shape index (κ1) is 11.0. The summed E-state index contributed by atoms with van der Waals surface area (Å²) in [5.74, 6) is 0. The van der Waals surface area contributed by atoms with E-state index in [4.69, 9.17) is 4.74 Å². The zero-order chi connectivity index (χ0) is 9.68. The second kappa shape index (κ2) is 5.58. The largest absolute Gasteiger partial charge is 0.390 e. The molecule has 0 aliphatic carbocycles. The summed E-state index contributed by atoms with van der Waals surface area (Å²) in [6, 6.07) is 0. The fourth-order valence-corrected chi connectivity index (χ4v) is 1.69. The molecule has 1 rings (SSSR count). The van der Waals surface area contributed by atoms with Crippen molar-refractivity contribution in [1.29, 1.82) is 0 Å². The van der Waals surface area contributed by atoms with Crippen LogP contribution in [-0.4, -0.2) is 35.1 Å². The molecule has 0 saturated carbocycles. The van der Waals surface area contributed by atoms with Gasteiger partial charge < -0.3 is 14.9 Å². The number of rotatable bonds is 5. The SMILES string of the molecule is CCC(O)C(O)CCC1CCCO1. The summed E-state index contributed by atoms with van der Waals surface area (Å²) >= 11 is 0. The van der Waals surface area contributed by atoms with Gasteiger partial charge in [-0.05, 0) is 32.1 Å². The highest BCUT2D eigenvalue weighted by atomic mass is 16.5. The number of hydrogen-bond donors (Lipinski definition) is 2. The maximum absolute atomic E-state index is 9.47. The Hall–Kier alpha value is -0.120. The molecule has 3 atom stereocenters. The molecule has 0 spiro atoms. The summed E-state index contributed by atoms with van der Waals surface area (Å²) in [6.07, 6.45) is 3.56. The van der Waals surface area contributed by atoms with Gasteiger partial charge in [-0.1, -0.05) is 6.92 Å². The minimum absolute atomic E-state index is 0.318. The average Bonchev–Trinajstić information content (AvgIpc) is 2.65. The number of hydrogen-bond acceptors (Lipinski definition) is 3. The van der Waals surface area contributed by atoms with E-state index >= 15 is 0 Å². The Morgan fingerprint density at radius 2 is 2.15 bits per heavy atom. The van der Waals surface area contributed by atoms with Gasteiger partial charge in [-0.2, -0.15) is 0 Å². The molecule has 0 aromatic carbocycles. The monoisotopic (exact) mass is 188 g/mol. The summed E-state index contributed by atoms with van der Waals surface area (Å²) in [5.41, 5.74) is 0. The fraction of sp³-hybridized carbons (Fsp3) is 1.00. The van der Waals surface area contributed by atoms with Crippen LogP contribution in [-0.2, 0) is 4.74 Å². The van der Waals surface area contributed by atoms with Crippen LogP contribution < -0.4 is 0 Å². The summed E-state index contributed by atoms with van der Waals surface area (Å²) in [4.78, 5) is 0. The van der Waals surface area contributed by atoms with Gasteiger partial charge in [-0.15, -0.1) is 0 Å². The first-order valence-corrected chi connectivity index (χ1v) is 5.21. The number of ether oxygens (including phenoxy) is 1. The Balaban J connectivity index is 2.10. The Kier molecular flexibility index (Phi) is 4.70. The molecule has 2 N–H and O–H groups in total. The van der Waals surface area contributed by atoms with Crippen molar-refractivity contribution >= 4 is 0 Å². The van der Waals surface area contributed by atoms with Gasteiger partial charge in [0.1, 0.15) is 0 Å². The van der Waals surface area contributed by atoms with Crippen LogP contribution in [0.3, 0.4) is 0 Å². The van der Waals surface area contributed by atoms with Gasteiger partial charge in [0.25, 0.3) is 0 Å². The molecule has 0 aromatic heterocycles. The molecule has 1 fully saturated rings. The van der Waals surface area contributed by atoms with E-state index in [0.717, 1.165) is 25.9 Å². The number of aliphatic hydroxyl groups excluding tert-OH is 2. The van der Waals surface area contributed by atoms with Gasteiger partial charge in [0.2, 0.25) is 0 Å². The zero-order valence-electron chi connectivity index (χ0n) is 8.28. The summed E-state index contributed by atoms with van der Waals surface area (Å²) in [7, 11) is 0. The van der Waals surface area contributed by atoms with Gasteiger partial charge in [0.15, 0.2) is 0 Å². The first-order valence-electron chi connectivity index (χ1n) is 5.21.